The SMILES string of the molecule is CNCc1nnc(C)o1. The zero-order chi connectivity index (χ0) is 6.69. The molecular weight excluding hydrogens is 118 g/mol. The first-order chi connectivity index (χ1) is 4.33. The van der Waals surface area contributed by atoms with E-state index in [0.717, 1.165) is 0 Å². The maximum atomic E-state index is 5.04. The van der Waals surface area contributed by atoms with Crippen molar-refractivity contribution in [2.75, 3.05) is 7.05 Å². The summed E-state index contributed by atoms with van der Waals surface area (Å²) in [5.41, 5.74) is 0. The van der Waals surface area contributed by atoms with Crippen molar-refractivity contribution in [2.45, 2.75) is 13.5 Å². The summed E-state index contributed by atoms with van der Waals surface area (Å²) in [7, 11) is 1.83. The highest BCUT2D eigenvalue weighted by atomic mass is 16.4. The number of hydrogen-bond acceptors (Lipinski definition) is 4. The summed E-state index contributed by atoms with van der Waals surface area (Å²) in [6, 6.07) is 0. The molecule has 0 bridgehead atoms. The van der Waals surface area contributed by atoms with E-state index in [1.807, 2.05) is 7.05 Å². The minimum Gasteiger partial charge on any atom is -0.424 e. The first kappa shape index (κ1) is 6.22. The monoisotopic (exact) mass is 127 g/mol. The predicted octanol–water partition coefficient (Wildman–Crippen LogP) is 0.0974. The molecule has 0 saturated carbocycles. The van der Waals surface area contributed by atoms with Crippen LogP contribution in [0.4, 0.5) is 0 Å². The Hall–Kier alpha value is -0.900. The molecule has 50 valence electrons. The van der Waals surface area contributed by atoms with Gasteiger partial charge in [-0.2, -0.15) is 0 Å². The van der Waals surface area contributed by atoms with Crippen LogP contribution in [0.5, 0.6) is 0 Å². The molecule has 0 spiro atoms. The number of hydrogen-bond donors (Lipinski definition) is 1. The summed E-state index contributed by atoms with van der Waals surface area (Å²) in [5.74, 6) is 1.25. The van der Waals surface area contributed by atoms with E-state index in [1.54, 1.807) is 6.92 Å². The summed E-state index contributed by atoms with van der Waals surface area (Å²) in [6.07, 6.45) is 0. The maximum Gasteiger partial charge on any atom is 0.230 e. The summed E-state index contributed by atoms with van der Waals surface area (Å²) < 4.78 is 5.04. The van der Waals surface area contributed by atoms with Gasteiger partial charge in [0, 0.05) is 6.92 Å². The van der Waals surface area contributed by atoms with E-state index in [1.165, 1.54) is 0 Å². The third-order valence-corrected chi connectivity index (χ3v) is 0.896. The summed E-state index contributed by atoms with van der Waals surface area (Å²) in [5, 5.41) is 10.3. The lowest BCUT2D eigenvalue weighted by Crippen LogP contribution is -2.04. The maximum absolute atomic E-state index is 5.04. The molecule has 0 aliphatic rings. The van der Waals surface area contributed by atoms with Crippen molar-refractivity contribution in [1.82, 2.24) is 15.5 Å². The van der Waals surface area contributed by atoms with Crippen LogP contribution in [0.25, 0.3) is 0 Å². The normalized spacial score (nSPS) is 10.0. The fourth-order valence-corrected chi connectivity index (χ4v) is 0.560. The zero-order valence-corrected chi connectivity index (χ0v) is 5.51. The lowest BCUT2D eigenvalue weighted by Gasteiger charge is -1.86. The number of aryl methyl sites for hydroxylation is 1. The van der Waals surface area contributed by atoms with Gasteiger partial charge in [0.2, 0.25) is 11.8 Å². The van der Waals surface area contributed by atoms with E-state index in [9.17, 15) is 0 Å². The van der Waals surface area contributed by atoms with E-state index in [0.29, 0.717) is 18.3 Å². The van der Waals surface area contributed by atoms with Crippen molar-refractivity contribution in [1.29, 1.82) is 0 Å². The van der Waals surface area contributed by atoms with Gasteiger partial charge < -0.3 is 9.73 Å². The Morgan fingerprint density at radius 1 is 1.56 bits per heavy atom. The Labute approximate surface area is 53.3 Å². The predicted molar refractivity (Wildman–Crippen MR) is 31.8 cm³/mol. The molecule has 9 heavy (non-hydrogen) atoms. The molecule has 0 radical (unpaired) electrons. The van der Waals surface area contributed by atoms with Crippen molar-refractivity contribution in [3.05, 3.63) is 11.8 Å². The van der Waals surface area contributed by atoms with Crippen LogP contribution in [0.2, 0.25) is 0 Å². The molecule has 0 fully saturated rings. The van der Waals surface area contributed by atoms with Crippen molar-refractivity contribution in [2.24, 2.45) is 0 Å². The Morgan fingerprint density at radius 3 is 2.78 bits per heavy atom. The Balaban J connectivity index is 2.61. The summed E-state index contributed by atoms with van der Waals surface area (Å²) in [6.45, 7) is 2.41. The molecule has 0 unspecified atom stereocenters. The van der Waals surface area contributed by atoms with Gasteiger partial charge in [-0.3, -0.25) is 0 Å². The highest BCUT2D eigenvalue weighted by Gasteiger charge is 1.97. The second-order valence-corrected chi connectivity index (χ2v) is 1.75. The molecule has 1 N–H and O–H groups in total. The van der Waals surface area contributed by atoms with Gasteiger partial charge in [-0.1, -0.05) is 0 Å². The van der Waals surface area contributed by atoms with Crippen LogP contribution < -0.4 is 5.32 Å². The van der Waals surface area contributed by atoms with Gasteiger partial charge in [-0.05, 0) is 7.05 Å². The standard InChI is InChI=1S/C5H9N3O/c1-4-7-8-5(9-4)3-6-2/h6H,3H2,1-2H3. The van der Waals surface area contributed by atoms with Crippen molar-refractivity contribution in [3.63, 3.8) is 0 Å². The number of aromatic nitrogens is 2. The summed E-state index contributed by atoms with van der Waals surface area (Å²) >= 11 is 0. The Morgan fingerprint density at radius 2 is 2.33 bits per heavy atom. The Kier molecular flexibility index (Phi) is 1.79. The fourth-order valence-electron chi connectivity index (χ4n) is 0.560. The highest BCUT2D eigenvalue weighted by Crippen LogP contribution is 1.95. The minimum absolute atomic E-state index is 0.611. The van der Waals surface area contributed by atoms with Crippen LogP contribution in [0.1, 0.15) is 11.8 Å². The molecule has 1 aromatic heterocycles. The second-order valence-electron chi connectivity index (χ2n) is 1.75. The third-order valence-electron chi connectivity index (χ3n) is 0.896. The smallest absolute Gasteiger partial charge is 0.230 e. The van der Waals surface area contributed by atoms with Crippen molar-refractivity contribution in [3.8, 4) is 0 Å². The van der Waals surface area contributed by atoms with E-state index in [2.05, 4.69) is 15.5 Å². The minimum atomic E-state index is 0.611. The topological polar surface area (TPSA) is 51.0 Å². The molecule has 0 aromatic carbocycles. The lowest BCUT2D eigenvalue weighted by molar-refractivity contribution is 0.456. The fraction of sp³-hybridized carbons (Fsp3) is 0.600. The van der Waals surface area contributed by atoms with Crippen LogP contribution in [-0.4, -0.2) is 17.2 Å². The molecule has 0 atom stereocenters. The van der Waals surface area contributed by atoms with Crippen LogP contribution in [0, 0.1) is 6.92 Å². The molecule has 1 heterocycles. The second kappa shape index (κ2) is 2.59. The number of nitrogens with zero attached hydrogens (tertiary/aromatic N) is 2. The van der Waals surface area contributed by atoms with Crippen molar-refractivity contribution < 1.29 is 4.42 Å². The molecule has 0 amide bonds. The van der Waals surface area contributed by atoms with Crippen LogP contribution >= 0.6 is 0 Å². The molecule has 0 saturated heterocycles. The number of nitrogens with one attached hydrogen (secondary N) is 1. The van der Waals surface area contributed by atoms with Gasteiger partial charge in [-0.25, -0.2) is 0 Å². The largest absolute Gasteiger partial charge is 0.424 e. The quantitative estimate of drug-likeness (QED) is 0.612. The molecular formula is C5H9N3O. The van der Waals surface area contributed by atoms with Crippen LogP contribution in [-0.2, 0) is 6.54 Å². The van der Waals surface area contributed by atoms with Crippen LogP contribution in [0.3, 0.4) is 0 Å². The van der Waals surface area contributed by atoms with Gasteiger partial charge in [0.1, 0.15) is 0 Å². The summed E-state index contributed by atoms with van der Waals surface area (Å²) in [4.78, 5) is 0. The van der Waals surface area contributed by atoms with Crippen molar-refractivity contribution >= 4 is 0 Å². The van der Waals surface area contributed by atoms with Gasteiger partial charge in [-0.15, -0.1) is 10.2 Å². The van der Waals surface area contributed by atoms with Gasteiger partial charge in [0.15, 0.2) is 0 Å². The van der Waals surface area contributed by atoms with Gasteiger partial charge in [0.25, 0.3) is 0 Å². The van der Waals surface area contributed by atoms with E-state index in [-0.39, 0.29) is 0 Å². The van der Waals surface area contributed by atoms with Gasteiger partial charge in [0.05, 0.1) is 6.54 Å². The first-order valence-electron chi connectivity index (χ1n) is 2.76. The third kappa shape index (κ3) is 1.50. The molecule has 1 aromatic rings. The van der Waals surface area contributed by atoms with E-state index >= 15 is 0 Å². The van der Waals surface area contributed by atoms with Gasteiger partial charge >= 0.3 is 0 Å². The van der Waals surface area contributed by atoms with E-state index in [4.69, 9.17) is 4.42 Å². The first-order valence-corrected chi connectivity index (χ1v) is 2.76. The average molecular weight is 127 g/mol. The van der Waals surface area contributed by atoms with E-state index < -0.39 is 0 Å². The molecule has 4 heteroatoms. The molecule has 1 rings (SSSR count). The lowest BCUT2D eigenvalue weighted by atomic mass is 10.6. The zero-order valence-electron chi connectivity index (χ0n) is 5.51. The molecule has 0 aliphatic heterocycles. The van der Waals surface area contributed by atoms with Crippen LogP contribution in [0.15, 0.2) is 4.42 Å². The highest BCUT2D eigenvalue weighted by molar-refractivity contribution is 4.76. The number of rotatable bonds is 2. The molecule has 4 nitrogen and oxygen atoms in total. The Bertz CT molecular complexity index is 184. The molecule has 0 aliphatic carbocycles. The average Bonchev–Trinajstić information content (AvgIpc) is 2.17.